The number of carbonyl (C=O) groups excluding carboxylic acids is 1. The van der Waals surface area contributed by atoms with Crippen molar-refractivity contribution >= 4 is 6.09 Å². The Labute approximate surface area is 96.1 Å². The van der Waals surface area contributed by atoms with E-state index in [1.165, 1.54) is 0 Å². The number of ether oxygens (including phenoxy) is 2. The number of rotatable bonds is 3. The molecule has 5 nitrogen and oxygen atoms in total. The molecule has 5 heteroatoms. The number of hydrogen-bond donors (Lipinski definition) is 1. The molecule has 2 rings (SSSR count). The summed E-state index contributed by atoms with van der Waals surface area (Å²) in [5.74, 6) is 0. The maximum Gasteiger partial charge on any atom is 0.409 e. The minimum atomic E-state index is -0.192. The Morgan fingerprint density at radius 1 is 1.56 bits per heavy atom. The van der Waals surface area contributed by atoms with Crippen molar-refractivity contribution in [2.75, 3.05) is 39.4 Å². The van der Waals surface area contributed by atoms with Gasteiger partial charge in [-0.05, 0) is 6.42 Å². The average Bonchev–Trinajstić information content (AvgIpc) is 2.27. The third-order valence-electron chi connectivity index (χ3n) is 3.12. The highest BCUT2D eigenvalue weighted by Crippen LogP contribution is 2.22. The molecule has 0 aromatic carbocycles. The van der Waals surface area contributed by atoms with Crippen LogP contribution in [0.1, 0.15) is 19.8 Å². The van der Waals surface area contributed by atoms with E-state index in [0.717, 1.165) is 25.9 Å². The first-order valence-electron chi connectivity index (χ1n) is 6.02. The Kier molecular flexibility index (Phi) is 3.66. The summed E-state index contributed by atoms with van der Waals surface area (Å²) >= 11 is 0. The van der Waals surface area contributed by atoms with Crippen LogP contribution < -0.4 is 5.32 Å². The Bertz CT molecular complexity index is 254. The molecule has 0 bridgehead atoms. The van der Waals surface area contributed by atoms with Gasteiger partial charge in [0, 0.05) is 19.6 Å². The third-order valence-corrected chi connectivity index (χ3v) is 3.12. The summed E-state index contributed by atoms with van der Waals surface area (Å²) in [6, 6.07) is 0. The number of nitrogens with one attached hydrogen (secondary N) is 1. The molecule has 2 aliphatic rings. The summed E-state index contributed by atoms with van der Waals surface area (Å²) in [5.41, 5.74) is -0.137. The second-order valence-electron chi connectivity index (χ2n) is 4.52. The minimum Gasteiger partial charge on any atom is -0.449 e. The molecular formula is C11H20N2O3. The van der Waals surface area contributed by atoms with Crippen LogP contribution >= 0.6 is 0 Å². The van der Waals surface area contributed by atoms with Crippen LogP contribution in [-0.4, -0.2) is 56.0 Å². The van der Waals surface area contributed by atoms with E-state index in [1.807, 2.05) is 0 Å². The molecule has 0 aromatic rings. The lowest BCUT2D eigenvalue weighted by Gasteiger charge is -2.48. The van der Waals surface area contributed by atoms with Gasteiger partial charge in [0.25, 0.3) is 0 Å². The van der Waals surface area contributed by atoms with E-state index < -0.39 is 0 Å². The van der Waals surface area contributed by atoms with Crippen LogP contribution in [0.5, 0.6) is 0 Å². The number of nitrogens with zero attached hydrogens (tertiary/aromatic N) is 1. The third kappa shape index (κ3) is 2.47. The van der Waals surface area contributed by atoms with Gasteiger partial charge in [-0.15, -0.1) is 0 Å². The fraction of sp³-hybridized carbons (Fsp3) is 0.909. The lowest BCUT2D eigenvalue weighted by atomic mass is 9.95. The van der Waals surface area contributed by atoms with Crippen molar-refractivity contribution < 1.29 is 14.3 Å². The molecule has 1 spiro atoms. The van der Waals surface area contributed by atoms with Crippen LogP contribution in [0.15, 0.2) is 0 Å². The monoisotopic (exact) mass is 228 g/mol. The van der Waals surface area contributed by atoms with Crippen LogP contribution in [0.4, 0.5) is 4.79 Å². The van der Waals surface area contributed by atoms with Gasteiger partial charge in [-0.25, -0.2) is 4.79 Å². The van der Waals surface area contributed by atoms with Gasteiger partial charge < -0.3 is 19.7 Å². The molecule has 2 saturated heterocycles. The lowest BCUT2D eigenvalue weighted by molar-refractivity contribution is -0.129. The molecule has 2 heterocycles. The largest absolute Gasteiger partial charge is 0.449 e. The van der Waals surface area contributed by atoms with E-state index in [9.17, 15) is 4.79 Å². The molecule has 0 aromatic heterocycles. The Balaban J connectivity index is 1.77. The van der Waals surface area contributed by atoms with Crippen molar-refractivity contribution in [2.45, 2.75) is 25.4 Å². The van der Waals surface area contributed by atoms with Gasteiger partial charge >= 0.3 is 6.09 Å². The van der Waals surface area contributed by atoms with E-state index in [2.05, 4.69) is 12.2 Å². The summed E-state index contributed by atoms with van der Waals surface area (Å²) < 4.78 is 10.9. The smallest absolute Gasteiger partial charge is 0.409 e. The van der Waals surface area contributed by atoms with Crippen molar-refractivity contribution in [3.05, 3.63) is 0 Å². The number of amides is 1. The molecule has 0 atom stereocenters. The molecule has 1 amide bonds. The normalized spacial score (nSPS) is 22.9. The topological polar surface area (TPSA) is 50.8 Å². The highest BCUT2D eigenvalue weighted by Gasteiger charge is 2.43. The second-order valence-corrected chi connectivity index (χ2v) is 4.52. The molecular weight excluding hydrogens is 208 g/mol. The number of morpholine rings is 1. The van der Waals surface area contributed by atoms with Crippen molar-refractivity contribution in [3.63, 3.8) is 0 Å². The SMILES string of the molecule is CCCCOC(=O)N1CCOC2(CNC2)C1. The first kappa shape index (κ1) is 11.7. The van der Waals surface area contributed by atoms with Gasteiger partial charge in [0.05, 0.1) is 19.8 Å². The maximum absolute atomic E-state index is 11.7. The van der Waals surface area contributed by atoms with Crippen LogP contribution in [0, 0.1) is 0 Å². The Morgan fingerprint density at radius 2 is 2.38 bits per heavy atom. The number of unbranched alkanes of at least 4 members (excludes halogenated alkanes) is 1. The molecule has 0 aliphatic carbocycles. The highest BCUT2D eigenvalue weighted by molar-refractivity contribution is 5.67. The highest BCUT2D eigenvalue weighted by atomic mass is 16.6. The van der Waals surface area contributed by atoms with E-state index in [4.69, 9.17) is 9.47 Å². The first-order chi connectivity index (χ1) is 7.76. The van der Waals surface area contributed by atoms with E-state index in [0.29, 0.717) is 26.3 Å². The van der Waals surface area contributed by atoms with Gasteiger partial charge in [0.1, 0.15) is 5.60 Å². The van der Waals surface area contributed by atoms with Gasteiger partial charge in [-0.1, -0.05) is 13.3 Å². The zero-order valence-electron chi connectivity index (χ0n) is 9.83. The van der Waals surface area contributed by atoms with Crippen molar-refractivity contribution in [3.8, 4) is 0 Å². The summed E-state index contributed by atoms with van der Waals surface area (Å²) in [6.07, 6.45) is 1.79. The maximum atomic E-state index is 11.7. The van der Waals surface area contributed by atoms with Gasteiger partial charge in [0.15, 0.2) is 0 Å². The minimum absolute atomic E-state index is 0.137. The predicted octanol–water partition coefficient (Wildman–Crippen LogP) is 0.597. The molecule has 1 N–H and O–H groups in total. The summed E-state index contributed by atoms with van der Waals surface area (Å²) in [5, 5.41) is 3.18. The fourth-order valence-corrected chi connectivity index (χ4v) is 2.01. The molecule has 16 heavy (non-hydrogen) atoms. The Hall–Kier alpha value is -0.810. The standard InChI is InChI=1S/C11H20N2O3/c1-2-3-5-15-10(14)13-4-6-16-11(9-13)7-12-8-11/h12H,2-9H2,1H3. The van der Waals surface area contributed by atoms with E-state index in [1.54, 1.807) is 4.90 Å². The molecule has 2 aliphatic heterocycles. The zero-order chi connectivity index (χ0) is 11.4. The van der Waals surface area contributed by atoms with Crippen molar-refractivity contribution in [1.82, 2.24) is 10.2 Å². The molecule has 0 unspecified atom stereocenters. The van der Waals surface area contributed by atoms with Crippen molar-refractivity contribution in [2.24, 2.45) is 0 Å². The predicted molar refractivity (Wildman–Crippen MR) is 59.4 cm³/mol. The van der Waals surface area contributed by atoms with Crippen molar-refractivity contribution in [1.29, 1.82) is 0 Å². The zero-order valence-corrected chi connectivity index (χ0v) is 9.83. The first-order valence-corrected chi connectivity index (χ1v) is 6.02. The van der Waals surface area contributed by atoms with Crippen LogP contribution in [0.2, 0.25) is 0 Å². The molecule has 0 saturated carbocycles. The molecule has 2 fully saturated rings. The van der Waals surface area contributed by atoms with E-state index in [-0.39, 0.29) is 11.7 Å². The quantitative estimate of drug-likeness (QED) is 0.719. The van der Waals surface area contributed by atoms with Crippen LogP contribution in [-0.2, 0) is 9.47 Å². The summed E-state index contributed by atoms with van der Waals surface area (Å²) in [4.78, 5) is 13.5. The Morgan fingerprint density at radius 3 is 3.00 bits per heavy atom. The van der Waals surface area contributed by atoms with Gasteiger partial charge in [-0.3, -0.25) is 0 Å². The van der Waals surface area contributed by atoms with E-state index >= 15 is 0 Å². The lowest BCUT2D eigenvalue weighted by Crippen LogP contribution is -2.69. The summed E-state index contributed by atoms with van der Waals surface area (Å²) in [6.45, 7) is 6.20. The average molecular weight is 228 g/mol. The molecule has 92 valence electrons. The molecule has 0 radical (unpaired) electrons. The fourth-order valence-electron chi connectivity index (χ4n) is 2.01. The van der Waals surface area contributed by atoms with Crippen LogP contribution in [0.25, 0.3) is 0 Å². The van der Waals surface area contributed by atoms with Crippen LogP contribution in [0.3, 0.4) is 0 Å². The van der Waals surface area contributed by atoms with Gasteiger partial charge in [-0.2, -0.15) is 0 Å². The number of hydrogen-bond acceptors (Lipinski definition) is 4. The van der Waals surface area contributed by atoms with Gasteiger partial charge in [0.2, 0.25) is 0 Å². The second kappa shape index (κ2) is 5.01. The number of carbonyl (C=O) groups is 1. The summed E-state index contributed by atoms with van der Waals surface area (Å²) in [7, 11) is 0.